The minimum Gasteiger partial charge on any atom is -0.493 e. The van der Waals surface area contributed by atoms with Gasteiger partial charge in [-0.05, 0) is 25.5 Å². The standard InChI is InChI=1S/C11H13ClO3/c1-6-5-8(14-3)11(15-4)10(12)9(6)7(2)13/h5H,1-4H3. The zero-order valence-electron chi connectivity index (χ0n) is 9.18. The molecule has 0 saturated heterocycles. The smallest absolute Gasteiger partial charge is 0.180 e. The molecule has 1 rings (SSSR count). The normalized spacial score (nSPS) is 9.93. The lowest BCUT2D eigenvalue weighted by Crippen LogP contribution is -2.01. The van der Waals surface area contributed by atoms with E-state index < -0.39 is 0 Å². The van der Waals surface area contributed by atoms with E-state index in [0.717, 1.165) is 5.56 Å². The van der Waals surface area contributed by atoms with Crippen molar-refractivity contribution in [2.24, 2.45) is 0 Å². The number of halogens is 1. The quantitative estimate of drug-likeness (QED) is 0.747. The van der Waals surface area contributed by atoms with Gasteiger partial charge in [-0.25, -0.2) is 0 Å². The lowest BCUT2D eigenvalue weighted by atomic mass is 10.0. The first-order chi connectivity index (χ1) is 7.02. The Morgan fingerprint density at radius 3 is 2.33 bits per heavy atom. The molecule has 82 valence electrons. The number of methoxy groups -OCH3 is 2. The van der Waals surface area contributed by atoms with Crippen LogP contribution in [0.25, 0.3) is 0 Å². The van der Waals surface area contributed by atoms with E-state index in [0.29, 0.717) is 22.1 Å². The highest BCUT2D eigenvalue weighted by Crippen LogP contribution is 2.39. The number of Topliss-reactive ketones (excluding diaryl/α,β-unsaturated/α-hetero) is 1. The first-order valence-electron chi connectivity index (χ1n) is 4.45. The summed E-state index contributed by atoms with van der Waals surface area (Å²) in [7, 11) is 3.02. The fraction of sp³-hybridized carbons (Fsp3) is 0.364. The van der Waals surface area contributed by atoms with Crippen molar-refractivity contribution >= 4 is 17.4 Å². The summed E-state index contributed by atoms with van der Waals surface area (Å²) in [5, 5.41) is 0.307. The van der Waals surface area contributed by atoms with Crippen LogP contribution in [0, 0.1) is 6.92 Å². The van der Waals surface area contributed by atoms with Crippen LogP contribution in [-0.2, 0) is 0 Å². The fourth-order valence-corrected chi connectivity index (χ4v) is 1.96. The van der Waals surface area contributed by atoms with Gasteiger partial charge in [-0.2, -0.15) is 0 Å². The van der Waals surface area contributed by atoms with Crippen molar-refractivity contribution in [3.05, 3.63) is 22.2 Å². The largest absolute Gasteiger partial charge is 0.493 e. The van der Waals surface area contributed by atoms with Gasteiger partial charge in [0.1, 0.15) is 0 Å². The van der Waals surface area contributed by atoms with Gasteiger partial charge >= 0.3 is 0 Å². The lowest BCUT2D eigenvalue weighted by molar-refractivity contribution is 0.101. The van der Waals surface area contributed by atoms with Crippen molar-refractivity contribution in [2.75, 3.05) is 14.2 Å². The van der Waals surface area contributed by atoms with Crippen molar-refractivity contribution in [1.82, 2.24) is 0 Å². The molecule has 15 heavy (non-hydrogen) atoms. The number of hydrogen-bond acceptors (Lipinski definition) is 3. The van der Waals surface area contributed by atoms with Crippen LogP contribution in [0.3, 0.4) is 0 Å². The Bertz CT molecular complexity index is 399. The van der Waals surface area contributed by atoms with Gasteiger partial charge in [0.05, 0.1) is 19.2 Å². The highest BCUT2D eigenvalue weighted by molar-refractivity contribution is 6.35. The summed E-state index contributed by atoms with van der Waals surface area (Å²) in [5.41, 5.74) is 1.26. The molecule has 0 radical (unpaired) electrons. The van der Waals surface area contributed by atoms with E-state index in [9.17, 15) is 4.79 Å². The maximum absolute atomic E-state index is 11.4. The third kappa shape index (κ3) is 2.07. The van der Waals surface area contributed by atoms with Crippen LogP contribution in [0.5, 0.6) is 11.5 Å². The second-order valence-corrected chi connectivity index (χ2v) is 3.55. The van der Waals surface area contributed by atoms with E-state index in [4.69, 9.17) is 21.1 Å². The van der Waals surface area contributed by atoms with Gasteiger partial charge in [-0.3, -0.25) is 4.79 Å². The van der Waals surface area contributed by atoms with Crippen LogP contribution in [0.1, 0.15) is 22.8 Å². The Morgan fingerprint density at radius 2 is 1.93 bits per heavy atom. The van der Waals surface area contributed by atoms with Crippen molar-refractivity contribution < 1.29 is 14.3 Å². The molecule has 0 N–H and O–H groups in total. The highest BCUT2D eigenvalue weighted by Gasteiger charge is 2.18. The first-order valence-corrected chi connectivity index (χ1v) is 4.82. The molecular weight excluding hydrogens is 216 g/mol. The number of hydrogen-bond donors (Lipinski definition) is 0. The van der Waals surface area contributed by atoms with Crippen LogP contribution < -0.4 is 9.47 Å². The van der Waals surface area contributed by atoms with Crippen LogP contribution in [0.4, 0.5) is 0 Å². The molecule has 0 aliphatic heterocycles. The van der Waals surface area contributed by atoms with E-state index in [2.05, 4.69) is 0 Å². The number of ether oxygens (including phenoxy) is 2. The fourth-order valence-electron chi connectivity index (χ4n) is 1.50. The summed E-state index contributed by atoms with van der Waals surface area (Å²) in [4.78, 5) is 11.4. The van der Waals surface area contributed by atoms with Gasteiger partial charge in [0, 0.05) is 5.56 Å². The lowest BCUT2D eigenvalue weighted by Gasteiger charge is -2.13. The van der Waals surface area contributed by atoms with Gasteiger partial charge in [-0.1, -0.05) is 11.6 Å². The molecule has 0 atom stereocenters. The van der Waals surface area contributed by atoms with Gasteiger partial charge in [0.25, 0.3) is 0 Å². The average Bonchev–Trinajstić information content (AvgIpc) is 2.16. The summed E-state index contributed by atoms with van der Waals surface area (Å²) >= 11 is 6.07. The van der Waals surface area contributed by atoms with Gasteiger partial charge in [0.15, 0.2) is 17.3 Å². The monoisotopic (exact) mass is 228 g/mol. The van der Waals surface area contributed by atoms with Crippen molar-refractivity contribution in [3.63, 3.8) is 0 Å². The molecule has 1 aromatic rings. The van der Waals surface area contributed by atoms with E-state index in [-0.39, 0.29) is 5.78 Å². The Balaban J connectivity index is 3.51. The Morgan fingerprint density at radius 1 is 1.33 bits per heavy atom. The molecule has 0 unspecified atom stereocenters. The molecule has 1 aromatic carbocycles. The molecule has 0 amide bonds. The van der Waals surface area contributed by atoms with E-state index >= 15 is 0 Å². The number of carbonyl (C=O) groups excluding carboxylic acids is 1. The molecule has 0 aromatic heterocycles. The summed E-state index contributed by atoms with van der Waals surface area (Å²) in [6.07, 6.45) is 0. The number of aryl methyl sites for hydroxylation is 1. The minimum absolute atomic E-state index is 0.0848. The van der Waals surface area contributed by atoms with Crippen molar-refractivity contribution in [3.8, 4) is 11.5 Å². The third-order valence-electron chi connectivity index (χ3n) is 2.16. The number of rotatable bonds is 3. The maximum atomic E-state index is 11.4. The second kappa shape index (κ2) is 4.53. The predicted octanol–water partition coefficient (Wildman–Crippen LogP) is 2.87. The summed E-state index contributed by atoms with van der Waals surface area (Å²) in [6.45, 7) is 3.28. The topological polar surface area (TPSA) is 35.5 Å². The average molecular weight is 229 g/mol. The molecule has 0 heterocycles. The Kier molecular flexibility index (Phi) is 3.58. The number of benzene rings is 1. The van der Waals surface area contributed by atoms with Gasteiger partial charge in [0.2, 0.25) is 0 Å². The zero-order chi connectivity index (χ0) is 11.6. The van der Waals surface area contributed by atoms with Crippen LogP contribution in [0.15, 0.2) is 6.07 Å². The van der Waals surface area contributed by atoms with E-state index in [1.807, 2.05) is 6.92 Å². The van der Waals surface area contributed by atoms with Gasteiger partial charge in [-0.15, -0.1) is 0 Å². The van der Waals surface area contributed by atoms with Crippen molar-refractivity contribution in [1.29, 1.82) is 0 Å². The summed E-state index contributed by atoms with van der Waals surface area (Å²) in [5.74, 6) is 0.846. The molecule has 3 nitrogen and oxygen atoms in total. The van der Waals surface area contributed by atoms with Crippen LogP contribution in [-0.4, -0.2) is 20.0 Å². The molecule has 4 heteroatoms. The molecule has 0 fully saturated rings. The number of carbonyl (C=O) groups is 1. The van der Waals surface area contributed by atoms with Crippen LogP contribution in [0.2, 0.25) is 5.02 Å². The molecule has 0 spiro atoms. The van der Waals surface area contributed by atoms with E-state index in [1.165, 1.54) is 21.1 Å². The zero-order valence-corrected chi connectivity index (χ0v) is 9.94. The third-order valence-corrected chi connectivity index (χ3v) is 2.52. The second-order valence-electron chi connectivity index (χ2n) is 3.17. The summed E-state index contributed by atoms with van der Waals surface area (Å²) < 4.78 is 10.2. The maximum Gasteiger partial charge on any atom is 0.180 e. The summed E-state index contributed by atoms with van der Waals surface area (Å²) in [6, 6.07) is 1.74. The minimum atomic E-state index is -0.0848. The Hall–Kier alpha value is -1.22. The SMILES string of the molecule is COc1cc(C)c(C(C)=O)c(Cl)c1OC. The molecule has 0 saturated carbocycles. The highest BCUT2D eigenvalue weighted by atomic mass is 35.5. The van der Waals surface area contributed by atoms with Crippen LogP contribution >= 0.6 is 11.6 Å². The Labute approximate surface area is 93.9 Å². The predicted molar refractivity (Wildman–Crippen MR) is 59.3 cm³/mol. The number of ketones is 1. The molecule has 0 aliphatic rings. The van der Waals surface area contributed by atoms with Gasteiger partial charge < -0.3 is 9.47 Å². The first kappa shape index (κ1) is 11.9. The van der Waals surface area contributed by atoms with E-state index in [1.54, 1.807) is 6.07 Å². The van der Waals surface area contributed by atoms with Crippen molar-refractivity contribution in [2.45, 2.75) is 13.8 Å². The molecular formula is C11H13ClO3. The molecule has 0 aliphatic carbocycles. The molecule has 0 bridgehead atoms.